The number of benzene rings is 2. The Morgan fingerprint density at radius 1 is 1.05 bits per heavy atom. The van der Waals surface area contributed by atoms with Gasteiger partial charge in [0.05, 0.1) is 18.8 Å². The standard InChI is InChI=1S/C31H37N3O4/c1-22(38-30-7-2-3-20-37-30)31-32-18-19-34(31)27(21-35)17-10-23-8-11-24(12-9-23)25-13-15-26(16-14-25)33-28-5-4-6-29(28)36/h8-9,11-16,18-19,22,27-30,33,35-36H,2-7,20-21H2,1H3/t22-,27-,28?,29+,30?/m0/s1. The van der Waals surface area contributed by atoms with E-state index in [-0.39, 0.29) is 31.1 Å². The maximum Gasteiger partial charge on any atom is 0.158 e. The zero-order valence-corrected chi connectivity index (χ0v) is 21.9. The second-order valence-electron chi connectivity index (χ2n) is 10.1. The molecule has 1 aliphatic carbocycles. The average Bonchev–Trinajstić information content (AvgIpc) is 3.60. The highest BCUT2D eigenvalue weighted by Crippen LogP contribution is 2.27. The molecule has 0 amide bonds. The predicted octanol–water partition coefficient (Wildman–Crippen LogP) is 5.06. The first-order chi connectivity index (χ1) is 18.6. The minimum Gasteiger partial charge on any atom is -0.393 e. The second-order valence-corrected chi connectivity index (χ2v) is 10.1. The van der Waals surface area contributed by atoms with E-state index in [0.717, 1.165) is 73.3 Å². The van der Waals surface area contributed by atoms with E-state index in [0.29, 0.717) is 0 Å². The lowest BCUT2D eigenvalue weighted by Gasteiger charge is -2.26. The molecule has 7 nitrogen and oxygen atoms in total. The molecule has 1 aliphatic heterocycles. The molecular weight excluding hydrogens is 478 g/mol. The van der Waals surface area contributed by atoms with Crippen LogP contribution in [-0.2, 0) is 9.47 Å². The molecule has 1 aromatic heterocycles. The second kappa shape index (κ2) is 12.6. The van der Waals surface area contributed by atoms with E-state index < -0.39 is 6.04 Å². The number of imidazole rings is 1. The van der Waals surface area contributed by atoms with Gasteiger partial charge in [0.1, 0.15) is 18.0 Å². The largest absolute Gasteiger partial charge is 0.393 e. The van der Waals surface area contributed by atoms with Crippen molar-refractivity contribution in [2.45, 2.75) is 76.0 Å². The molecule has 0 bridgehead atoms. The van der Waals surface area contributed by atoms with Crippen molar-refractivity contribution in [2.24, 2.45) is 0 Å². The summed E-state index contributed by atoms with van der Waals surface area (Å²) >= 11 is 0. The zero-order chi connectivity index (χ0) is 26.3. The van der Waals surface area contributed by atoms with Gasteiger partial charge in [0, 0.05) is 30.3 Å². The molecule has 200 valence electrons. The monoisotopic (exact) mass is 515 g/mol. The Kier molecular flexibility index (Phi) is 8.77. The van der Waals surface area contributed by atoms with E-state index >= 15 is 0 Å². The van der Waals surface area contributed by atoms with Crippen LogP contribution in [0.4, 0.5) is 5.69 Å². The van der Waals surface area contributed by atoms with Crippen molar-refractivity contribution in [1.29, 1.82) is 0 Å². The Labute approximate surface area is 224 Å². The average molecular weight is 516 g/mol. The molecule has 1 saturated carbocycles. The lowest BCUT2D eigenvalue weighted by atomic mass is 10.0. The van der Waals surface area contributed by atoms with Gasteiger partial charge in [-0.05, 0) is 80.8 Å². The van der Waals surface area contributed by atoms with Crippen LogP contribution >= 0.6 is 0 Å². The Bertz CT molecular complexity index is 1220. The molecule has 0 radical (unpaired) electrons. The number of hydrogen-bond acceptors (Lipinski definition) is 6. The van der Waals surface area contributed by atoms with Crippen LogP contribution in [0.1, 0.15) is 69.0 Å². The molecule has 1 saturated heterocycles. The first-order valence-electron chi connectivity index (χ1n) is 13.7. The van der Waals surface area contributed by atoms with Crippen LogP contribution < -0.4 is 5.32 Å². The summed E-state index contributed by atoms with van der Waals surface area (Å²) in [6, 6.07) is 16.1. The number of aliphatic hydroxyl groups excluding tert-OH is 2. The van der Waals surface area contributed by atoms with E-state index in [1.807, 2.05) is 29.8 Å². The first-order valence-corrected chi connectivity index (χ1v) is 13.7. The van der Waals surface area contributed by atoms with Crippen LogP contribution in [0.3, 0.4) is 0 Å². The molecule has 2 fully saturated rings. The van der Waals surface area contributed by atoms with Gasteiger partial charge in [-0.1, -0.05) is 36.1 Å². The summed E-state index contributed by atoms with van der Waals surface area (Å²) in [6.07, 6.45) is 8.81. The number of anilines is 1. The van der Waals surface area contributed by atoms with Gasteiger partial charge in [0.15, 0.2) is 6.29 Å². The third-order valence-corrected chi connectivity index (χ3v) is 7.38. The van der Waals surface area contributed by atoms with Gasteiger partial charge in [0.2, 0.25) is 0 Å². The predicted molar refractivity (Wildman–Crippen MR) is 147 cm³/mol. The fourth-order valence-electron chi connectivity index (χ4n) is 5.21. The normalized spacial score (nSPS) is 22.9. The molecule has 3 N–H and O–H groups in total. The number of nitrogens with zero attached hydrogens (tertiary/aromatic N) is 2. The van der Waals surface area contributed by atoms with Crippen molar-refractivity contribution in [1.82, 2.24) is 9.55 Å². The van der Waals surface area contributed by atoms with Gasteiger partial charge in [-0.15, -0.1) is 0 Å². The zero-order valence-electron chi connectivity index (χ0n) is 21.9. The third kappa shape index (κ3) is 6.46. The summed E-state index contributed by atoms with van der Waals surface area (Å²) < 4.78 is 13.7. The van der Waals surface area contributed by atoms with E-state index in [9.17, 15) is 10.2 Å². The van der Waals surface area contributed by atoms with Crippen LogP contribution in [-0.4, -0.2) is 51.4 Å². The molecule has 3 aromatic rings. The molecule has 2 aromatic carbocycles. The number of hydrogen-bond donors (Lipinski definition) is 3. The molecular formula is C31H37N3O4. The van der Waals surface area contributed by atoms with Crippen LogP contribution in [0.25, 0.3) is 11.1 Å². The Morgan fingerprint density at radius 3 is 2.47 bits per heavy atom. The van der Waals surface area contributed by atoms with Gasteiger partial charge in [-0.25, -0.2) is 4.98 Å². The highest BCUT2D eigenvalue weighted by atomic mass is 16.7. The molecule has 5 rings (SSSR count). The van der Waals surface area contributed by atoms with Crippen LogP contribution in [0.2, 0.25) is 0 Å². The summed E-state index contributed by atoms with van der Waals surface area (Å²) in [4.78, 5) is 4.48. The van der Waals surface area contributed by atoms with Gasteiger partial charge < -0.3 is 29.6 Å². The lowest BCUT2D eigenvalue weighted by Crippen LogP contribution is -2.27. The third-order valence-electron chi connectivity index (χ3n) is 7.38. The SMILES string of the molecule is C[C@H](OC1CCCCO1)c1nccn1[C@@H](C#Cc1ccc(-c2ccc(NC3CCC[C@H]3O)cc2)cc1)CO. The van der Waals surface area contributed by atoms with Crippen LogP contribution in [0.5, 0.6) is 0 Å². The summed E-state index contributed by atoms with van der Waals surface area (Å²) in [5.41, 5.74) is 4.13. The van der Waals surface area contributed by atoms with Crippen molar-refractivity contribution in [3.05, 3.63) is 72.3 Å². The summed E-state index contributed by atoms with van der Waals surface area (Å²) in [7, 11) is 0. The summed E-state index contributed by atoms with van der Waals surface area (Å²) in [5, 5.41) is 23.6. The van der Waals surface area contributed by atoms with Crippen LogP contribution in [0.15, 0.2) is 60.9 Å². The Morgan fingerprint density at radius 2 is 1.82 bits per heavy atom. The minimum atomic E-state index is -0.427. The van der Waals surface area contributed by atoms with Crippen molar-refractivity contribution in [3.8, 4) is 23.0 Å². The number of ether oxygens (including phenoxy) is 2. The van der Waals surface area contributed by atoms with Crippen molar-refractivity contribution in [3.63, 3.8) is 0 Å². The molecule has 38 heavy (non-hydrogen) atoms. The number of nitrogens with one attached hydrogen (secondary N) is 1. The van der Waals surface area contributed by atoms with Gasteiger partial charge in [-0.2, -0.15) is 0 Å². The van der Waals surface area contributed by atoms with Gasteiger partial charge in [0.25, 0.3) is 0 Å². The fourth-order valence-corrected chi connectivity index (χ4v) is 5.21. The first kappa shape index (κ1) is 26.5. The van der Waals surface area contributed by atoms with E-state index in [1.165, 1.54) is 0 Å². The number of aromatic nitrogens is 2. The van der Waals surface area contributed by atoms with E-state index in [4.69, 9.17) is 9.47 Å². The molecule has 2 aliphatic rings. The number of rotatable bonds is 8. The number of aliphatic hydroxyl groups is 2. The maximum absolute atomic E-state index is 10.1. The smallest absolute Gasteiger partial charge is 0.158 e. The van der Waals surface area contributed by atoms with Gasteiger partial charge >= 0.3 is 0 Å². The van der Waals surface area contributed by atoms with Crippen molar-refractivity contribution >= 4 is 5.69 Å². The molecule has 2 heterocycles. The Balaban J connectivity index is 1.22. The van der Waals surface area contributed by atoms with E-state index in [2.05, 4.69) is 58.5 Å². The Hall–Kier alpha value is -3.15. The lowest BCUT2D eigenvalue weighted by molar-refractivity contribution is -0.188. The quantitative estimate of drug-likeness (QED) is 0.363. The fraction of sp³-hybridized carbons (Fsp3) is 0.452. The van der Waals surface area contributed by atoms with Gasteiger partial charge in [-0.3, -0.25) is 0 Å². The topological polar surface area (TPSA) is 88.8 Å². The highest BCUT2D eigenvalue weighted by Gasteiger charge is 2.25. The maximum atomic E-state index is 10.1. The molecule has 5 atom stereocenters. The minimum absolute atomic E-state index is 0.126. The van der Waals surface area contributed by atoms with Crippen molar-refractivity contribution < 1.29 is 19.7 Å². The molecule has 0 spiro atoms. The highest BCUT2D eigenvalue weighted by molar-refractivity contribution is 5.67. The van der Waals surface area contributed by atoms with Crippen LogP contribution in [0, 0.1) is 11.8 Å². The summed E-state index contributed by atoms with van der Waals surface area (Å²) in [5.74, 6) is 7.13. The summed E-state index contributed by atoms with van der Waals surface area (Å²) in [6.45, 7) is 2.56. The molecule has 2 unspecified atom stereocenters. The molecule has 7 heteroatoms. The van der Waals surface area contributed by atoms with Crippen molar-refractivity contribution in [2.75, 3.05) is 18.5 Å². The van der Waals surface area contributed by atoms with E-state index in [1.54, 1.807) is 6.20 Å².